The zero-order valence-electron chi connectivity index (χ0n) is 22.2. The number of carboxylic acid groups (broad SMARTS) is 3. The molecule has 7 heteroatoms. The van der Waals surface area contributed by atoms with E-state index in [1.165, 1.54) is 77.0 Å². The van der Waals surface area contributed by atoms with Crippen LogP contribution in [0.4, 0.5) is 0 Å². The van der Waals surface area contributed by atoms with Crippen LogP contribution < -0.4 is 0 Å². The quantitative estimate of drug-likeness (QED) is 0.0699. The van der Waals surface area contributed by atoms with Crippen molar-refractivity contribution in [2.75, 3.05) is 26.2 Å². The van der Waals surface area contributed by atoms with E-state index in [-0.39, 0.29) is 43.4 Å². The van der Waals surface area contributed by atoms with Gasteiger partial charge in [-0.15, -0.1) is 0 Å². The summed E-state index contributed by atoms with van der Waals surface area (Å²) in [5.74, 6) is -2.80. The zero-order valence-corrected chi connectivity index (χ0v) is 22.2. The number of quaternary nitrogens is 1. The number of nitrogens with zero attached hydrogens (tertiary/aromatic N) is 1. The Hall–Kier alpha value is -1.89. The second-order valence-electron chi connectivity index (χ2n) is 9.96. The van der Waals surface area contributed by atoms with E-state index in [1.807, 2.05) is 0 Å². The highest BCUT2D eigenvalue weighted by molar-refractivity contribution is 5.67. The summed E-state index contributed by atoms with van der Waals surface area (Å²) in [6.07, 6.45) is 22.7. The SMILES string of the molecule is CCCCCCC/C=C/CCCCCCCCCC[N+](CCC(=O)O)(CCC(=O)O)CCC(=O)O. The molecule has 0 saturated carbocycles. The summed E-state index contributed by atoms with van der Waals surface area (Å²) >= 11 is 0. The molecule has 7 nitrogen and oxygen atoms in total. The van der Waals surface area contributed by atoms with Gasteiger partial charge in [-0.25, -0.2) is 0 Å². The lowest BCUT2D eigenvalue weighted by Gasteiger charge is -2.38. The van der Waals surface area contributed by atoms with Crippen molar-refractivity contribution in [3.05, 3.63) is 12.2 Å². The van der Waals surface area contributed by atoms with Crippen LogP contribution in [0.25, 0.3) is 0 Å². The summed E-state index contributed by atoms with van der Waals surface area (Å²) in [4.78, 5) is 33.3. The van der Waals surface area contributed by atoms with Crippen molar-refractivity contribution >= 4 is 17.9 Å². The minimum atomic E-state index is -0.934. The number of hydrogen-bond acceptors (Lipinski definition) is 3. The Morgan fingerprint density at radius 1 is 0.514 bits per heavy atom. The summed E-state index contributed by atoms with van der Waals surface area (Å²) < 4.78 is 0.261. The van der Waals surface area contributed by atoms with E-state index in [0.29, 0.717) is 6.54 Å². The van der Waals surface area contributed by atoms with Crippen LogP contribution in [-0.4, -0.2) is 63.9 Å². The normalized spacial score (nSPS) is 11.8. The van der Waals surface area contributed by atoms with Crippen molar-refractivity contribution in [2.24, 2.45) is 0 Å². The average Bonchev–Trinajstić information content (AvgIpc) is 2.81. The molecule has 0 amide bonds. The van der Waals surface area contributed by atoms with Crippen LogP contribution in [0.3, 0.4) is 0 Å². The van der Waals surface area contributed by atoms with Gasteiger partial charge in [-0.1, -0.05) is 76.9 Å². The lowest BCUT2D eigenvalue weighted by atomic mass is 10.1. The maximum absolute atomic E-state index is 11.1. The molecule has 0 radical (unpaired) electrons. The molecule has 0 unspecified atom stereocenters. The van der Waals surface area contributed by atoms with E-state index >= 15 is 0 Å². The molecular weight excluding hydrogens is 446 g/mol. The second kappa shape index (κ2) is 22.6. The van der Waals surface area contributed by atoms with Crippen molar-refractivity contribution in [2.45, 2.75) is 122 Å². The molecule has 0 rings (SSSR count). The third-order valence-corrected chi connectivity index (χ3v) is 6.79. The second-order valence-corrected chi connectivity index (χ2v) is 9.96. The number of hydrogen-bond donors (Lipinski definition) is 3. The molecule has 0 aliphatic carbocycles. The first-order chi connectivity index (χ1) is 16.8. The van der Waals surface area contributed by atoms with Crippen LogP contribution in [0.1, 0.15) is 122 Å². The van der Waals surface area contributed by atoms with Crippen LogP contribution in [0.2, 0.25) is 0 Å². The number of rotatable bonds is 26. The molecule has 0 heterocycles. The van der Waals surface area contributed by atoms with Crippen molar-refractivity contribution in [3.8, 4) is 0 Å². The molecule has 0 saturated heterocycles. The summed E-state index contributed by atoms with van der Waals surface area (Å²) in [7, 11) is 0. The van der Waals surface area contributed by atoms with E-state index in [1.54, 1.807) is 0 Å². The van der Waals surface area contributed by atoms with Crippen LogP contribution in [0.5, 0.6) is 0 Å². The summed E-state index contributed by atoms with van der Waals surface area (Å²) in [6, 6.07) is 0. The molecule has 0 atom stereocenters. The zero-order chi connectivity index (χ0) is 26.2. The minimum Gasteiger partial charge on any atom is -0.481 e. The summed E-state index contributed by atoms with van der Waals surface area (Å²) in [5, 5.41) is 27.3. The molecule has 0 bridgehead atoms. The van der Waals surface area contributed by atoms with Gasteiger partial charge in [-0.3, -0.25) is 14.4 Å². The molecule has 204 valence electrons. The van der Waals surface area contributed by atoms with Crippen molar-refractivity contribution in [1.82, 2.24) is 0 Å². The predicted molar refractivity (Wildman–Crippen MR) is 141 cm³/mol. The Bertz CT molecular complexity index is 544. The van der Waals surface area contributed by atoms with Gasteiger partial charge in [0.05, 0.1) is 45.4 Å². The minimum absolute atomic E-state index is 0.0760. The van der Waals surface area contributed by atoms with E-state index in [9.17, 15) is 14.4 Å². The number of unbranched alkanes of at least 4 members (excludes halogenated alkanes) is 13. The van der Waals surface area contributed by atoms with E-state index < -0.39 is 17.9 Å². The lowest BCUT2D eigenvalue weighted by molar-refractivity contribution is -0.927. The molecule has 0 aliphatic heterocycles. The Morgan fingerprint density at radius 3 is 1.23 bits per heavy atom. The highest BCUT2D eigenvalue weighted by Crippen LogP contribution is 2.17. The average molecular weight is 499 g/mol. The Kier molecular flexibility index (Phi) is 21.3. The van der Waals surface area contributed by atoms with Crippen LogP contribution in [-0.2, 0) is 14.4 Å². The van der Waals surface area contributed by atoms with Gasteiger partial charge >= 0.3 is 17.9 Å². The van der Waals surface area contributed by atoms with E-state index in [4.69, 9.17) is 15.3 Å². The molecule has 35 heavy (non-hydrogen) atoms. The van der Waals surface area contributed by atoms with Crippen molar-refractivity contribution in [1.29, 1.82) is 0 Å². The van der Waals surface area contributed by atoms with Crippen LogP contribution in [0.15, 0.2) is 12.2 Å². The molecule has 0 spiro atoms. The van der Waals surface area contributed by atoms with Gasteiger partial charge in [0.15, 0.2) is 0 Å². The molecule has 0 fully saturated rings. The maximum atomic E-state index is 11.1. The topological polar surface area (TPSA) is 112 Å². The fourth-order valence-corrected chi connectivity index (χ4v) is 4.54. The van der Waals surface area contributed by atoms with E-state index in [2.05, 4.69) is 19.1 Å². The first-order valence-corrected chi connectivity index (χ1v) is 14.0. The molecule has 3 N–H and O–H groups in total. The third kappa shape index (κ3) is 22.3. The van der Waals surface area contributed by atoms with Gasteiger partial charge in [-0.2, -0.15) is 0 Å². The Balaban J connectivity index is 4.06. The smallest absolute Gasteiger partial charge is 0.309 e. The number of carboxylic acids is 3. The van der Waals surface area contributed by atoms with Crippen molar-refractivity contribution in [3.63, 3.8) is 0 Å². The molecule has 0 aliphatic rings. The van der Waals surface area contributed by atoms with Gasteiger partial charge in [0.25, 0.3) is 0 Å². The molecule has 0 aromatic rings. The molecule has 0 aromatic carbocycles. The van der Waals surface area contributed by atoms with E-state index in [0.717, 1.165) is 19.3 Å². The fourth-order valence-electron chi connectivity index (χ4n) is 4.54. The highest BCUT2D eigenvalue weighted by atomic mass is 16.4. The summed E-state index contributed by atoms with van der Waals surface area (Å²) in [5.41, 5.74) is 0. The van der Waals surface area contributed by atoms with Crippen LogP contribution in [0, 0.1) is 0 Å². The van der Waals surface area contributed by atoms with Gasteiger partial charge in [0.1, 0.15) is 0 Å². The monoisotopic (exact) mass is 498 g/mol. The highest BCUT2D eigenvalue weighted by Gasteiger charge is 2.29. The fraction of sp³-hybridized carbons (Fsp3) is 0.821. The third-order valence-electron chi connectivity index (χ3n) is 6.79. The van der Waals surface area contributed by atoms with Crippen molar-refractivity contribution < 1.29 is 34.2 Å². The summed E-state index contributed by atoms with van der Waals surface area (Å²) in [6.45, 7) is 3.73. The Labute approximate surface area is 213 Å². The number of aliphatic carboxylic acids is 3. The number of allylic oxidation sites excluding steroid dienone is 2. The van der Waals surface area contributed by atoms with Gasteiger partial charge in [0.2, 0.25) is 0 Å². The standard InChI is InChI=1S/C28H51NO6/c1-2-3-4-5-6-7-8-9-10-11-12-13-14-15-16-17-18-22-29(23-19-26(30)31,24-20-27(32)33)25-21-28(34)35/h8-9H,2-7,10-25H2,1H3,(H2-,30,31,32,33,34,35)/p+1/b9-8+. The molecule has 0 aromatic heterocycles. The number of carbonyl (C=O) groups is 3. The van der Waals surface area contributed by atoms with Gasteiger partial charge in [0, 0.05) is 0 Å². The Morgan fingerprint density at radius 2 is 0.857 bits per heavy atom. The van der Waals surface area contributed by atoms with Gasteiger partial charge in [-0.05, 0) is 38.5 Å². The maximum Gasteiger partial charge on any atom is 0.309 e. The lowest BCUT2D eigenvalue weighted by Crippen LogP contribution is -2.52. The molecular formula is C28H52NO6+. The first kappa shape index (κ1) is 33.1. The van der Waals surface area contributed by atoms with Gasteiger partial charge < -0.3 is 19.8 Å². The van der Waals surface area contributed by atoms with Crippen LogP contribution >= 0.6 is 0 Å². The predicted octanol–water partition coefficient (Wildman–Crippen LogP) is 6.65. The first-order valence-electron chi connectivity index (χ1n) is 14.0. The largest absolute Gasteiger partial charge is 0.481 e.